The van der Waals surface area contributed by atoms with Crippen LogP contribution in [0, 0.1) is 11.3 Å². The predicted octanol–water partition coefficient (Wildman–Crippen LogP) is 4.86. The number of carbonyl (C=O) groups is 1. The van der Waals surface area contributed by atoms with Gasteiger partial charge in [-0.25, -0.2) is 4.79 Å². The number of benzene rings is 2. The molecule has 3 aliphatic heterocycles. The molecule has 43 heavy (non-hydrogen) atoms. The first-order valence-corrected chi connectivity index (χ1v) is 15.2. The molecule has 0 bridgehead atoms. The van der Waals surface area contributed by atoms with Crippen LogP contribution in [0.3, 0.4) is 0 Å². The summed E-state index contributed by atoms with van der Waals surface area (Å²) in [5, 5.41) is 23.3. The average molecular weight is 577 g/mol. The van der Waals surface area contributed by atoms with Gasteiger partial charge >= 0.3 is 6.09 Å². The molecule has 2 aromatic heterocycles. The van der Waals surface area contributed by atoms with Crippen molar-refractivity contribution in [3.8, 4) is 17.2 Å². The van der Waals surface area contributed by atoms with Crippen molar-refractivity contribution in [1.82, 2.24) is 29.8 Å². The number of rotatable bonds is 5. The van der Waals surface area contributed by atoms with Gasteiger partial charge < -0.3 is 19.9 Å². The van der Waals surface area contributed by atoms with Crippen LogP contribution < -0.4 is 10.2 Å². The Bertz CT molecular complexity index is 1680. The summed E-state index contributed by atoms with van der Waals surface area (Å²) < 4.78 is 9.62. The van der Waals surface area contributed by atoms with Gasteiger partial charge in [-0.15, -0.1) is 0 Å². The van der Waals surface area contributed by atoms with Gasteiger partial charge in [0.25, 0.3) is 0 Å². The lowest BCUT2D eigenvalue weighted by Gasteiger charge is -2.32. The molecule has 0 saturated carbocycles. The molecule has 2 aromatic carbocycles. The van der Waals surface area contributed by atoms with Gasteiger partial charge in [0.05, 0.1) is 23.9 Å². The van der Waals surface area contributed by atoms with Crippen molar-refractivity contribution < 1.29 is 9.53 Å². The van der Waals surface area contributed by atoms with Gasteiger partial charge in [-0.05, 0) is 48.9 Å². The quantitative estimate of drug-likeness (QED) is 0.362. The summed E-state index contributed by atoms with van der Waals surface area (Å²) in [7, 11) is 1.89. The lowest BCUT2D eigenvalue weighted by atomic mass is 9.93. The number of nitrogens with one attached hydrogen (secondary N) is 1. The van der Waals surface area contributed by atoms with E-state index in [1.54, 1.807) is 4.68 Å². The van der Waals surface area contributed by atoms with Crippen LogP contribution in [0.1, 0.15) is 53.3 Å². The van der Waals surface area contributed by atoms with Crippen LogP contribution in [-0.4, -0.2) is 56.7 Å². The highest BCUT2D eigenvalue weighted by Gasteiger charge is 2.33. The van der Waals surface area contributed by atoms with Crippen LogP contribution in [0.2, 0.25) is 0 Å². The minimum absolute atomic E-state index is 0.227. The summed E-state index contributed by atoms with van der Waals surface area (Å²) >= 11 is 0. The Kier molecular flexibility index (Phi) is 7.33. The van der Waals surface area contributed by atoms with E-state index in [0.29, 0.717) is 18.7 Å². The summed E-state index contributed by atoms with van der Waals surface area (Å²) in [6.07, 6.45) is 8.11. The summed E-state index contributed by atoms with van der Waals surface area (Å²) in [6, 6.07) is 16.7. The topological polar surface area (TPSA) is 104 Å². The molecule has 0 radical (unpaired) electrons. The second-order valence-electron chi connectivity index (χ2n) is 11.7. The molecule has 1 amide bonds. The Morgan fingerprint density at radius 1 is 1.14 bits per heavy atom. The number of fused-ring (bicyclic) bond motifs is 2. The Labute approximate surface area is 251 Å². The Balaban J connectivity index is 1.13. The Morgan fingerprint density at radius 3 is 2.74 bits per heavy atom. The molecule has 10 heteroatoms. The van der Waals surface area contributed by atoms with Gasteiger partial charge in [-0.2, -0.15) is 15.5 Å². The highest BCUT2D eigenvalue weighted by Crippen LogP contribution is 2.41. The van der Waals surface area contributed by atoms with E-state index in [2.05, 4.69) is 32.1 Å². The fourth-order valence-electron chi connectivity index (χ4n) is 6.72. The Hall–Kier alpha value is -4.62. The number of aromatic nitrogens is 4. The predicted molar refractivity (Wildman–Crippen MR) is 163 cm³/mol. The van der Waals surface area contributed by atoms with Gasteiger partial charge in [0.15, 0.2) is 5.82 Å². The van der Waals surface area contributed by atoms with E-state index in [9.17, 15) is 10.1 Å². The second-order valence-corrected chi connectivity index (χ2v) is 11.7. The van der Waals surface area contributed by atoms with E-state index in [4.69, 9.17) is 9.84 Å². The van der Waals surface area contributed by atoms with Crippen molar-refractivity contribution in [2.24, 2.45) is 7.05 Å². The molecular weight excluding hydrogens is 540 g/mol. The van der Waals surface area contributed by atoms with E-state index in [-0.39, 0.29) is 18.7 Å². The Morgan fingerprint density at radius 2 is 1.98 bits per heavy atom. The third-order valence-electron chi connectivity index (χ3n) is 8.94. The summed E-state index contributed by atoms with van der Waals surface area (Å²) in [5.74, 6) is 0.992. The number of piperidine rings is 1. The maximum Gasteiger partial charge on any atom is 0.410 e. The number of anilines is 2. The van der Waals surface area contributed by atoms with Crippen molar-refractivity contribution in [3.63, 3.8) is 0 Å². The summed E-state index contributed by atoms with van der Waals surface area (Å²) in [5.41, 5.74) is 8.38. The number of ether oxygens (including phenoxy) is 1. The molecule has 0 atom stereocenters. The normalized spacial score (nSPS) is 16.8. The third-order valence-corrected chi connectivity index (χ3v) is 8.94. The number of nitrogens with zero attached hydrogens (tertiary/aromatic N) is 7. The van der Waals surface area contributed by atoms with Crippen LogP contribution in [-0.2, 0) is 37.8 Å². The molecule has 7 rings (SSSR count). The van der Waals surface area contributed by atoms with Crippen molar-refractivity contribution in [3.05, 3.63) is 82.8 Å². The molecule has 1 N–H and O–H groups in total. The number of amides is 1. The van der Waals surface area contributed by atoms with Gasteiger partial charge in [0.2, 0.25) is 0 Å². The minimum atomic E-state index is -0.251. The van der Waals surface area contributed by atoms with E-state index >= 15 is 0 Å². The van der Waals surface area contributed by atoms with Gasteiger partial charge in [-0.3, -0.25) is 9.36 Å². The number of aryl methyl sites for hydroxylation is 2. The highest BCUT2D eigenvalue weighted by atomic mass is 16.6. The van der Waals surface area contributed by atoms with Crippen LogP contribution in [0.25, 0.3) is 11.1 Å². The van der Waals surface area contributed by atoms with Crippen molar-refractivity contribution >= 4 is 17.6 Å². The minimum Gasteiger partial charge on any atom is -0.445 e. The monoisotopic (exact) mass is 576 g/mol. The van der Waals surface area contributed by atoms with Crippen molar-refractivity contribution in [1.29, 1.82) is 5.26 Å². The van der Waals surface area contributed by atoms with Crippen molar-refractivity contribution in [2.45, 2.75) is 51.3 Å². The van der Waals surface area contributed by atoms with E-state index in [1.807, 2.05) is 60.7 Å². The molecule has 0 aliphatic carbocycles. The molecular formula is C33H36N8O2. The fraction of sp³-hybridized carbons (Fsp3) is 0.394. The molecule has 4 aromatic rings. The maximum absolute atomic E-state index is 12.8. The number of nitriles is 1. The zero-order valence-electron chi connectivity index (χ0n) is 24.5. The smallest absolute Gasteiger partial charge is 0.410 e. The average Bonchev–Trinajstić information content (AvgIpc) is 3.67. The molecule has 220 valence electrons. The summed E-state index contributed by atoms with van der Waals surface area (Å²) in [6.45, 7) is 4.15. The third kappa shape index (κ3) is 5.25. The molecule has 0 spiro atoms. The van der Waals surface area contributed by atoms with E-state index < -0.39 is 0 Å². The first-order chi connectivity index (χ1) is 21.1. The SMILES string of the molecule is Cn1cc(-c2cc3c(cc2C#N)N(c2nn(C4CCN(C(=O)OCc5ccccc5)CC4)c4c2CNCC4)CCC3)cn1. The maximum atomic E-state index is 12.8. The standard InChI is InChI=1S/C33H36N8O2/c1-38-21-26(19-36-38)28-16-24-8-5-13-40(31(24)17-25(28)18-34)32-29-20-35-12-9-30(29)41(37-32)27-10-14-39(15-11-27)33(42)43-22-23-6-3-2-4-7-23/h2-4,6-7,16-17,19,21,27,35H,5,8-15,20,22H2,1H3. The number of hydrogen-bond donors (Lipinski definition) is 1. The molecule has 0 unspecified atom stereocenters. The van der Waals surface area contributed by atoms with Gasteiger partial charge in [0.1, 0.15) is 6.61 Å². The van der Waals surface area contributed by atoms with Gasteiger partial charge in [0, 0.05) is 80.5 Å². The van der Waals surface area contributed by atoms with Crippen LogP contribution in [0.15, 0.2) is 54.9 Å². The number of carbonyl (C=O) groups excluding carboxylic acids is 1. The number of likely N-dealkylation sites (tertiary alicyclic amines) is 1. The molecule has 1 fully saturated rings. The first-order valence-electron chi connectivity index (χ1n) is 15.2. The van der Waals surface area contributed by atoms with E-state index in [1.165, 1.54) is 16.8 Å². The molecule has 3 aliphatic rings. The lowest BCUT2D eigenvalue weighted by Crippen LogP contribution is -2.40. The molecule has 5 heterocycles. The summed E-state index contributed by atoms with van der Waals surface area (Å²) in [4.78, 5) is 16.9. The second kappa shape index (κ2) is 11.6. The number of hydrogen-bond acceptors (Lipinski definition) is 7. The van der Waals surface area contributed by atoms with Crippen molar-refractivity contribution in [2.75, 3.05) is 31.1 Å². The van der Waals surface area contributed by atoms with Crippen LogP contribution in [0.5, 0.6) is 0 Å². The zero-order chi connectivity index (χ0) is 29.3. The van der Waals surface area contributed by atoms with E-state index in [0.717, 1.165) is 79.9 Å². The fourth-order valence-corrected chi connectivity index (χ4v) is 6.72. The zero-order valence-corrected chi connectivity index (χ0v) is 24.5. The van der Waals surface area contributed by atoms with Gasteiger partial charge in [-0.1, -0.05) is 30.3 Å². The lowest BCUT2D eigenvalue weighted by molar-refractivity contribution is 0.0819. The first kappa shape index (κ1) is 27.2. The molecule has 10 nitrogen and oxygen atoms in total. The highest BCUT2D eigenvalue weighted by molar-refractivity contribution is 5.78. The largest absolute Gasteiger partial charge is 0.445 e. The van der Waals surface area contributed by atoms with Crippen LogP contribution in [0.4, 0.5) is 16.3 Å². The molecule has 1 saturated heterocycles. The van der Waals surface area contributed by atoms with Crippen LogP contribution >= 0.6 is 0 Å².